The van der Waals surface area contributed by atoms with E-state index in [-0.39, 0.29) is 17.5 Å². The van der Waals surface area contributed by atoms with Crippen molar-refractivity contribution in [2.75, 3.05) is 0 Å². The summed E-state index contributed by atoms with van der Waals surface area (Å²) in [5.41, 5.74) is 1.48. The van der Waals surface area contributed by atoms with Gasteiger partial charge in [-0.1, -0.05) is 22.9 Å². The SMILES string of the molecule is CCC(=O)c1cc(CCl)cc(F)c1CBr. The van der Waals surface area contributed by atoms with E-state index in [4.69, 9.17) is 11.6 Å². The second kappa shape index (κ2) is 5.61. The van der Waals surface area contributed by atoms with Gasteiger partial charge in [0, 0.05) is 28.8 Å². The Kier molecular flexibility index (Phi) is 4.74. The molecule has 0 N–H and O–H groups in total. The zero-order valence-corrected chi connectivity index (χ0v) is 10.7. The van der Waals surface area contributed by atoms with Crippen molar-refractivity contribution in [2.24, 2.45) is 0 Å². The smallest absolute Gasteiger partial charge is 0.163 e. The van der Waals surface area contributed by atoms with Gasteiger partial charge in [-0.25, -0.2) is 4.39 Å². The number of benzene rings is 1. The number of Topliss-reactive ketones (excluding diaryl/α,β-unsaturated/α-hetero) is 1. The molecule has 0 spiro atoms. The minimum absolute atomic E-state index is 0.0599. The molecule has 1 nitrogen and oxygen atoms in total. The lowest BCUT2D eigenvalue weighted by Gasteiger charge is -2.08. The van der Waals surface area contributed by atoms with Crippen molar-refractivity contribution < 1.29 is 9.18 Å². The van der Waals surface area contributed by atoms with Crippen LogP contribution in [0.15, 0.2) is 12.1 Å². The number of carbonyl (C=O) groups excluding carboxylic acids is 1. The van der Waals surface area contributed by atoms with Gasteiger partial charge in [-0.15, -0.1) is 11.6 Å². The number of hydrogen-bond donors (Lipinski definition) is 0. The number of alkyl halides is 2. The first-order chi connectivity index (χ1) is 7.13. The van der Waals surface area contributed by atoms with Crippen LogP contribution < -0.4 is 0 Å². The van der Waals surface area contributed by atoms with Gasteiger partial charge in [0.05, 0.1) is 0 Å². The summed E-state index contributed by atoms with van der Waals surface area (Å²) < 4.78 is 13.6. The van der Waals surface area contributed by atoms with Crippen molar-refractivity contribution in [2.45, 2.75) is 24.6 Å². The molecule has 0 aliphatic rings. The zero-order valence-electron chi connectivity index (χ0n) is 8.32. The molecule has 0 aliphatic heterocycles. The number of ketones is 1. The fourth-order valence-electron chi connectivity index (χ4n) is 1.34. The third-order valence-corrected chi connectivity index (χ3v) is 3.03. The van der Waals surface area contributed by atoms with Crippen molar-refractivity contribution in [3.05, 3.63) is 34.6 Å². The second-order valence-electron chi connectivity index (χ2n) is 3.15. The van der Waals surface area contributed by atoms with E-state index in [2.05, 4.69) is 15.9 Å². The molecule has 0 bridgehead atoms. The molecule has 15 heavy (non-hydrogen) atoms. The number of hydrogen-bond acceptors (Lipinski definition) is 1. The summed E-state index contributed by atoms with van der Waals surface area (Å²) in [4.78, 5) is 11.6. The van der Waals surface area contributed by atoms with Gasteiger partial charge in [0.25, 0.3) is 0 Å². The molecule has 0 unspecified atom stereocenters. The van der Waals surface area contributed by atoms with Gasteiger partial charge in [0.1, 0.15) is 5.82 Å². The van der Waals surface area contributed by atoms with Gasteiger partial charge in [-0.05, 0) is 17.7 Å². The first-order valence-corrected chi connectivity index (χ1v) is 6.26. The Hall–Kier alpha value is -0.410. The van der Waals surface area contributed by atoms with E-state index in [0.29, 0.717) is 28.4 Å². The molecular formula is C11H11BrClFO. The highest BCUT2D eigenvalue weighted by Gasteiger charge is 2.14. The topological polar surface area (TPSA) is 17.1 Å². The van der Waals surface area contributed by atoms with Crippen LogP contribution >= 0.6 is 27.5 Å². The van der Waals surface area contributed by atoms with Crippen LogP contribution in [-0.4, -0.2) is 5.78 Å². The fraction of sp³-hybridized carbons (Fsp3) is 0.364. The maximum absolute atomic E-state index is 13.6. The minimum Gasteiger partial charge on any atom is -0.294 e. The Morgan fingerprint density at radius 2 is 2.20 bits per heavy atom. The first-order valence-electron chi connectivity index (χ1n) is 4.60. The average molecular weight is 294 g/mol. The molecule has 0 aliphatic carbocycles. The predicted molar refractivity (Wildman–Crippen MR) is 63.2 cm³/mol. The van der Waals surface area contributed by atoms with Crippen LogP contribution in [0.3, 0.4) is 0 Å². The molecule has 0 aromatic heterocycles. The maximum atomic E-state index is 13.6. The van der Waals surface area contributed by atoms with Gasteiger partial charge in [-0.2, -0.15) is 0 Å². The molecular weight excluding hydrogens is 282 g/mol. The molecule has 82 valence electrons. The molecule has 1 rings (SSSR count). The molecule has 0 atom stereocenters. The summed E-state index contributed by atoms with van der Waals surface area (Å²) in [7, 11) is 0. The second-order valence-corrected chi connectivity index (χ2v) is 3.98. The van der Waals surface area contributed by atoms with Gasteiger partial charge in [-0.3, -0.25) is 4.79 Å². The van der Waals surface area contributed by atoms with Gasteiger partial charge in [0.2, 0.25) is 0 Å². The van der Waals surface area contributed by atoms with Crippen LogP contribution in [0, 0.1) is 5.82 Å². The number of rotatable bonds is 4. The fourth-order valence-corrected chi connectivity index (χ4v) is 2.07. The number of halogens is 3. The Morgan fingerprint density at radius 3 is 2.67 bits per heavy atom. The lowest BCUT2D eigenvalue weighted by molar-refractivity contribution is 0.0987. The molecule has 0 saturated heterocycles. The Labute approximate surface area is 102 Å². The van der Waals surface area contributed by atoms with E-state index >= 15 is 0 Å². The first kappa shape index (κ1) is 12.7. The third kappa shape index (κ3) is 2.79. The highest BCUT2D eigenvalue weighted by molar-refractivity contribution is 9.08. The summed E-state index contributed by atoms with van der Waals surface area (Å²) in [5.74, 6) is -0.221. The van der Waals surface area contributed by atoms with Crippen molar-refractivity contribution in [3.8, 4) is 0 Å². The summed E-state index contributed by atoms with van der Waals surface area (Å²) in [6, 6.07) is 3.04. The van der Waals surface area contributed by atoms with E-state index in [1.807, 2.05) is 0 Å². The average Bonchev–Trinajstić information content (AvgIpc) is 2.26. The molecule has 1 aromatic carbocycles. The molecule has 0 heterocycles. The largest absolute Gasteiger partial charge is 0.294 e. The number of carbonyl (C=O) groups is 1. The van der Waals surface area contributed by atoms with E-state index in [1.54, 1.807) is 13.0 Å². The molecule has 4 heteroatoms. The van der Waals surface area contributed by atoms with E-state index in [9.17, 15) is 9.18 Å². The molecule has 1 aromatic rings. The monoisotopic (exact) mass is 292 g/mol. The lowest BCUT2D eigenvalue weighted by Crippen LogP contribution is -2.05. The molecule has 0 saturated carbocycles. The van der Waals surface area contributed by atoms with Crippen LogP contribution in [0.25, 0.3) is 0 Å². The van der Waals surface area contributed by atoms with Gasteiger partial charge >= 0.3 is 0 Å². The summed E-state index contributed by atoms with van der Waals surface area (Å²) >= 11 is 8.80. The Morgan fingerprint density at radius 1 is 1.53 bits per heavy atom. The van der Waals surface area contributed by atoms with Crippen molar-refractivity contribution in [3.63, 3.8) is 0 Å². The lowest BCUT2D eigenvalue weighted by atomic mass is 10.00. The van der Waals surface area contributed by atoms with E-state index in [1.165, 1.54) is 6.07 Å². The molecule has 0 fully saturated rings. The van der Waals surface area contributed by atoms with Gasteiger partial charge < -0.3 is 0 Å². The summed E-state index contributed by atoms with van der Waals surface area (Å²) in [5, 5.41) is 0.336. The third-order valence-electron chi connectivity index (χ3n) is 2.16. The summed E-state index contributed by atoms with van der Waals surface area (Å²) in [6.45, 7) is 1.76. The zero-order chi connectivity index (χ0) is 11.4. The van der Waals surface area contributed by atoms with Crippen LogP contribution in [0.5, 0.6) is 0 Å². The normalized spacial score (nSPS) is 10.4. The highest BCUT2D eigenvalue weighted by Crippen LogP contribution is 2.21. The van der Waals surface area contributed by atoms with Crippen LogP contribution in [0.4, 0.5) is 4.39 Å². The maximum Gasteiger partial charge on any atom is 0.163 e. The quantitative estimate of drug-likeness (QED) is 0.604. The van der Waals surface area contributed by atoms with Crippen molar-refractivity contribution in [1.29, 1.82) is 0 Å². The Bertz CT molecular complexity index is 379. The van der Waals surface area contributed by atoms with E-state index in [0.717, 1.165) is 0 Å². The highest BCUT2D eigenvalue weighted by atomic mass is 79.9. The summed E-state index contributed by atoms with van der Waals surface area (Å²) in [6.07, 6.45) is 0.366. The Balaban J connectivity index is 3.32. The van der Waals surface area contributed by atoms with E-state index < -0.39 is 0 Å². The molecule has 0 radical (unpaired) electrons. The minimum atomic E-state index is -0.373. The van der Waals surface area contributed by atoms with Crippen LogP contribution in [-0.2, 0) is 11.2 Å². The predicted octanol–water partition coefficient (Wildman–Crippen LogP) is 4.05. The van der Waals surface area contributed by atoms with Gasteiger partial charge in [0.15, 0.2) is 5.78 Å². The van der Waals surface area contributed by atoms with Crippen LogP contribution in [0.2, 0.25) is 0 Å². The molecule has 0 amide bonds. The van der Waals surface area contributed by atoms with Crippen molar-refractivity contribution >= 4 is 33.3 Å². The van der Waals surface area contributed by atoms with Crippen LogP contribution in [0.1, 0.15) is 34.8 Å². The standard InChI is InChI=1S/C11H11BrClFO/c1-2-11(15)8-3-7(6-13)4-10(14)9(8)5-12/h3-4H,2,5-6H2,1H3. The van der Waals surface area contributed by atoms with Crippen molar-refractivity contribution in [1.82, 2.24) is 0 Å².